The number of likely N-dealkylation sites (N-methyl/N-ethyl adjacent to an activating group) is 1. The molecule has 0 aliphatic heterocycles. The van der Waals surface area contributed by atoms with Gasteiger partial charge in [0.1, 0.15) is 19.8 Å². The van der Waals surface area contributed by atoms with E-state index >= 15 is 0 Å². The summed E-state index contributed by atoms with van der Waals surface area (Å²) in [6, 6.07) is 0. The van der Waals surface area contributed by atoms with E-state index in [2.05, 4.69) is 148 Å². The van der Waals surface area contributed by atoms with Crippen LogP contribution in [0.4, 0.5) is 0 Å². The van der Waals surface area contributed by atoms with E-state index in [9.17, 15) is 19.0 Å². The highest BCUT2D eigenvalue weighted by molar-refractivity contribution is 7.47. The lowest BCUT2D eigenvalue weighted by Crippen LogP contribution is -2.37. The summed E-state index contributed by atoms with van der Waals surface area (Å²) in [6.45, 7) is 4.12. The molecule has 70 heavy (non-hydrogen) atoms. The molecule has 0 radical (unpaired) electrons. The highest BCUT2D eigenvalue weighted by Gasteiger charge is 2.27. The van der Waals surface area contributed by atoms with Gasteiger partial charge in [0.15, 0.2) is 6.10 Å². The second-order valence-electron chi connectivity index (χ2n) is 18.5. The molecule has 0 saturated carbocycles. The Morgan fingerprint density at radius 3 is 1.17 bits per heavy atom. The summed E-state index contributed by atoms with van der Waals surface area (Å²) in [5, 5.41) is 0. The molecule has 0 saturated heterocycles. The van der Waals surface area contributed by atoms with E-state index in [4.69, 9.17) is 18.5 Å². The Morgan fingerprint density at radius 1 is 0.443 bits per heavy atom. The van der Waals surface area contributed by atoms with Gasteiger partial charge in [0, 0.05) is 12.8 Å². The number of ether oxygens (including phenoxy) is 2. The number of quaternary nitrogens is 1. The van der Waals surface area contributed by atoms with Crippen molar-refractivity contribution in [2.75, 3.05) is 47.5 Å². The van der Waals surface area contributed by atoms with Crippen molar-refractivity contribution >= 4 is 19.8 Å². The van der Waals surface area contributed by atoms with E-state index in [-0.39, 0.29) is 26.1 Å². The van der Waals surface area contributed by atoms with Crippen LogP contribution in [-0.4, -0.2) is 74.9 Å². The van der Waals surface area contributed by atoms with Gasteiger partial charge in [-0.2, -0.15) is 0 Å². The first kappa shape index (κ1) is 66.2. The van der Waals surface area contributed by atoms with Crippen molar-refractivity contribution in [3.05, 3.63) is 134 Å². The van der Waals surface area contributed by atoms with Gasteiger partial charge in [0.2, 0.25) is 0 Å². The van der Waals surface area contributed by atoms with Crippen molar-refractivity contribution in [3.63, 3.8) is 0 Å². The molecule has 396 valence electrons. The number of unbranched alkanes of at least 4 members (excludes halogenated alkanes) is 11. The Labute approximate surface area is 428 Å². The molecule has 2 unspecified atom stereocenters. The van der Waals surface area contributed by atoms with Crippen LogP contribution in [0.15, 0.2) is 134 Å². The topological polar surface area (TPSA) is 108 Å². The third kappa shape index (κ3) is 53.5. The normalized spacial score (nSPS) is 14.4. The molecular formula is C60H99NO8P+. The maximum atomic E-state index is 12.8. The summed E-state index contributed by atoms with van der Waals surface area (Å²) in [5.41, 5.74) is 0. The van der Waals surface area contributed by atoms with Gasteiger partial charge in [-0.1, -0.05) is 192 Å². The van der Waals surface area contributed by atoms with Crippen LogP contribution in [0.1, 0.15) is 181 Å². The quantitative estimate of drug-likeness (QED) is 0.0211. The van der Waals surface area contributed by atoms with Gasteiger partial charge < -0.3 is 18.9 Å². The lowest BCUT2D eigenvalue weighted by molar-refractivity contribution is -0.870. The largest absolute Gasteiger partial charge is 0.472 e. The molecule has 10 heteroatoms. The number of phosphoric ester groups is 1. The molecule has 0 amide bonds. The number of esters is 2. The minimum Gasteiger partial charge on any atom is -0.462 e. The molecule has 0 aromatic heterocycles. The molecule has 0 heterocycles. The predicted octanol–water partition coefficient (Wildman–Crippen LogP) is 16.6. The molecule has 0 aromatic carbocycles. The average molecular weight is 993 g/mol. The number of hydrogen-bond acceptors (Lipinski definition) is 7. The lowest BCUT2D eigenvalue weighted by Gasteiger charge is -2.24. The minimum absolute atomic E-state index is 0.0138. The molecule has 2 atom stereocenters. The van der Waals surface area contributed by atoms with Gasteiger partial charge in [0.05, 0.1) is 27.7 Å². The van der Waals surface area contributed by atoms with Gasteiger partial charge in [-0.25, -0.2) is 4.57 Å². The number of rotatable bonds is 47. The fourth-order valence-electron chi connectivity index (χ4n) is 6.57. The van der Waals surface area contributed by atoms with Crippen LogP contribution in [0.3, 0.4) is 0 Å². The Bertz CT molecular complexity index is 1640. The summed E-state index contributed by atoms with van der Waals surface area (Å²) in [4.78, 5) is 35.6. The maximum Gasteiger partial charge on any atom is 0.472 e. The van der Waals surface area contributed by atoms with E-state index in [1.807, 2.05) is 21.1 Å². The maximum absolute atomic E-state index is 12.8. The van der Waals surface area contributed by atoms with E-state index < -0.39 is 32.5 Å². The number of carbonyl (C=O) groups is 2. The van der Waals surface area contributed by atoms with Gasteiger partial charge in [-0.3, -0.25) is 18.6 Å². The van der Waals surface area contributed by atoms with E-state index in [1.54, 1.807) is 0 Å². The van der Waals surface area contributed by atoms with Crippen molar-refractivity contribution in [3.8, 4) is 0 Å². The summed E-state index contributed by atoms with van der Waals surface area (Å²) in [6.07, 6.45) is 72.2. The lowest BCUT2D eigenvalue weighted by atomic mass is 10.1. The fraction of sp³-hybridized carbons (Fsp3) is 0.600. The molecular weight excluding hydrogens is 894 g/mol. The van der Waals surface area contributed by atoms with Crippen molar-refractivity contribution in [1.82, 2.24) is 0 Å². The molecule has 1 N–H and O–H groups in total. The second-order valence-corrected chi connectivity index (χ2v) is 19.9. The molecule has 9 nitrogen and oxygen atoms in total. The monoisotopic (exact) mass is 993 g/mol. The van der Waals surface area contributed by atoms with Crippen LogP contribution < -0.4 is 0 Å². The Hall–Kier alpha value is -3.85. The van der Waals surface area contributed by atoms with E-state index in [0.29, 0.717) is 17.4 Å². The SMILES string of the molecule is CC/C=C\C/C=C\C/C=C\C/C=C\C/C=C\C/C=C\CCCCC(=O)OC(COC(=O)CCCCCCCCCCC/C=C\C/C=C\C/C=C\C/C=C\C/C=C\CC)COP(=O)(O)OCC[N+](C)(C)C. The second kappa shape index (κ2) is 50.1. The van der Waals surface area contributed by atoms with Gasteiger partial charge in [0.25, 0.3) is 0 Å². The molecule has 0 rings (SSSR count). The molecule has 0 fully saturated rings. The molecule has 0 bridgehead atoms. The zero-order valence-corrected chi connectivity index (χ0v) is 45.6. The van der Waals surface area contributed by atoms with Crippen LogP contribution in [0.2, 0.25) is 0 Å². The number of carbonyl (C=O) groups excluding carboxylic acids is 2. The standard InChI is InChI=1S/C60H98NO8P/c1-6-8-10-12-14-16-18-20-22-24-26-28-29-30-31-33-34-36-38-40-42-44-46-48-50-52-59(62)66-56-58(57-68-70(64,65)67-55-54-61(3,4)5)69-60(63)53-51-49-47-45-43-41-39-37-35-32-27-25-23-21-19-17-15-13-11-9-7-2/h8-11,14-17,20-23,26-28,30-32,37,39,43,45,58H,6-7,12-13,18-19,24-25,29,33-36,38,40-42,44,46-57H2,1-5H3/p+1/b10-8-,11-9-,16-14-,17-15-,22-20-,23-21-,28-26-,31-30-,32-27-,39-37-,45-43-. The van der Waals surface area contributed by atoms with Crippen LogP contribution in [0.25, 0.3) is 0 Å². The van der Waals surface area contributed by atoms with Crippen molar-refractivity contribution in [2.24, 2.45) is 0 Å². The van der Waals surface area contributed by atoms with Crippen LogP contribution in [-0.2, 0) is 32.7 Å². The summed E-state index contributed by atoms with van der Waals surface area (Å²) < 4.78 is 34.4. The molecule has 0 aromatic rings. The highest BCUT2D eigenvalue weighted by atomic mass is 31.2. The van der Waals surface area contributed by atoms with Gasteiger partial charge in [-0.05, 0) is 109 Å². The Morgan fingerprint density at radius 2 is 0.771 bits per heavy atom. The van der Waals surface area contributed by atoms with Crippen LogP contribution in [0, 0.1) is 0 Å². The van der Waals surface area contributed by atoms with E-state index in [0.717, 1.165) is 116 Å². The summed E-state index contributed by atoms with van der Waals surface area (Å²) in [7, 11) is 1.42. The summed E-state index contributed by atoms with van der Waals surface area (Å²) in [5.74, 6) is -0.868. The summed E-state index contributed by atoms with van der Waals surface area (Å²) >= 11 is 0. The number of nitrogens with zero attached hydrogens (tertiary/aromatic N) is 1. The van der Waals surface area contributed by atoms with E-state index in [1.165, 1.54) is 32.1 Å². The van der Waals surface area contributed by atoms with Gasteiger partial charge in [-0.15, -0.1) is 0 Å². The number of allylic oxidation sites excluding steroid dienone is 22. The molecule has 0 aliphatic carbocycles. The first-order chi connectivity index (χ1) is 34.0. The smallest absolute Gasteiger partial charge is 0.462 e. The minimum atomic E-state index is -4.41. The third-order valence-corrected chi connectivity index (χ3v) is 11.7. The number of phosphoric acid groups is 1. The Balaban J connectivity index is 4.34. The zero-order valence-electron chi connectivity index (χ0n) is 44.7. The first-order valence-electron chi connectivity index (χ1n) is 26.9. The fourth-order valence-corrected chi connectivity index (χ4v) is 7.31. The molecule has 0 aliphatic rings. The van der Waals surface area contributed by atoms with Crippen LogP contribution >= 0.6 is 7.82 Å². The first-order valence-corrected chi connectivity index (χ1v) is 28.4. The number of hydrogen-bond donors (Lipinski definition) is 1. The van der Waals surface area contributed by atoms with Crippen molar-refractivity contribution in [1.29, 1.82) is 0 Å². The third-order valence-electron chi connectivity index (χ3n) is 10.7. The zero-order chi connectivity index (χ0) is 51.3. The predicted molar refractivity (Wildman–Crippen MR) is 297 cm³/mol. The van der Waals surface area contributed by atoms with Gasteiger partial charge >= 0.3 is 19.8 Å². The van der Waals surface area contributed by atoms with Crippen molar-refractivity contribution in [2.45, 2.75) is 187 Å². The highest BCUT2D eigenvalue weighted by Crippen LogP contribution is 2.43. The van der Waals surface area contributed by atoms with Crippen molar-refractivity contribution < 1.29 is 42.1 Å². The Kier molecular flexibility index (Phi) is 47.3. The average Bonchev–Trinajstić information content (AvgIpc) is 3.32. The molecule has 0 spiro atoms. The van der Waals surface area contributed by atoms with Crippen LogP contribution in [0.5, 0.6) is 0 Å².